The van der Waals surface area contributed by atoms with Crippen LogP contribution in [0.25, 0.3) is 0 Å². The summed E-state index contributed by atoms with van der Waals surface area (Å²) in [6, 6.07) is 17.3. The Morgan fingerprint density at radius 3 is 2.46 bits per heavy atom. The number of benzene rings is 2. The molecular formula is C21H19N3O4. The molecule has 7 heteroatoms. The van der Waals surface area contributed by atoms with E-state index >= 15 is 0 Å². The van der Waals surface area contributed by atoms with Gasteiger partial charge in [-0.05, 0) is 67.1 Å². The molecule has 142 valence electrons. The van der Waals surface area contributed by atoms with Crippen LogP contribution in [-0.4, -0.2) is 17.6 Å². The van der Waals surface area contributed by atoms with E-state index in [9.17, 15) is 9.70 Å². The molecule has 0 amide bonds. The van der Waals surface area contributed by atoms with Gasteiger partial charge in [0.25, 0.3) is 0 Å². The lowest BCUT2D eigenvalue weighted by Gasteiger charge is -2.16. The standard InChI is InChI=1S/C21H19N3O4/c1-2-27-21(25)17-4-3-5-19(14-17)24(23-26)18-6-8-20(9-7-18)28-15-16-10-12-22-13-11-16/h3-14H,2,15H2,1H3. The summed E-state index contributed by atoms with van der Waals surface area (Å²) in [6.07, 6.45) is 3.42. The first kappa shape index (κ1) is 19.0. The van der Waals surface area contributed by atoms with Crippen LogP contribution < -0.4 is 9.75 Å². The lowest BCUT2D eigenvalue weighted by molar-refractivity contribution is 0.0526. The van der Waals surface area contributed by atoms with Gasteiger partial charge < -0.3 is 9.47 Å². The summed E-state index contributed by atoms with van der Waals surface area (Å²) in [4.78, 5) is 27.3. The number of nitrogens with zero attached hydrogens (tertiary/aromatic N) is 3. The largest absolute Gasteiger partial charge is 0.489 e. The van der Waals surface area contributed by atoms with E-state index in [1.54, 1.807) is 67.8 Å². The topological polar surface area (TPSA) is 81.1 Å². The fourth-order valence-electron chi connectivity index (χ4n) is 2.55. The summed E-state index contributed by atoms with van der Waals surface area (Å²) in [5, 5.41) is 4.29. The fourth-order valence-corrected chi connectivity index (χ4v) is 2.55. The third-order valence-electron chi connectivity index (χ3n) is 3.92. The Labute approximate surface area is 162 Å². The van der Waals surface area contributed by atoms with Gasteiger partial charge in [-0.15, -0.1) is 4.91 Å². The van der Waals surface area contributed by atoms with Crippen LogP contribution in [0, 0.1) is 4.91 Å². The smallest absolute Gasteiger partial charge is 0.338 e. The average Bonchev–Trinajstić information content (AvgIpc) is 2.75. The third kappa shape index (κ3) is 4.70. The molecule has 7 nitrogen and oxygen atoms in total. The van der Waals surface area contributed by atoms with Crippen LogP contribution in [0.15, 0.2) is 78.3 Å². The van der Waals surface area contributed by atoms with Crippen LogP contribution in [0.1, 0.15) is 22.8 Å². The molecule has 1 aromatic heterocycles. The number of pyridine rings is 1. The van der Waals surface area contributed by atoms with Crippen molar-refractivity contribution in [2.24, 2.45) is 5.29 Å². The zero-order valence-corrected chi connectivity index (χ0v) is 15.3. The molecule has 0 unspecified atom stereocenters. The monoisotopic (exact) mass is 377 g/mol. The zero-order valence-electron chi connectivity index (χ0n) is 15.3. The van der Waals surface area contributed by atoms with Crippen LogP contribution >= 0.6 is 0 Å². The molecular weight excluding hydrogens is 358 g/mol. The van der Waals surface area contributed by atoms with Gasteiger partial charge in [0.05, 0.1) is 28.8 Å². The van der Waals surface area contributed by atoms with Gasteiger partial charge in [0, 0.05) is 12.4 Å². The first-order valence-electron chi connectivity index (χ1n) is 8.73. The highest BCUT2D eigenvalue weighted by Gasteiger charge is 2.13. The molecule has 0 saturated carbocycles. The van der Waals surface area contributed by atoms with Gasteiger partial charge in [0.15, 0.2) is 0 Å². The second-order valence-corrected chi connectivity index (χ2v) is 5.80. The van der Waals surface area contributed by atoms with Crippen molar-refractivity contribution in [3.05, 3.63) is 89.1 Å². The van der Waals surface area contributed by atoms with Crippen molar-refractivity contribution in [1.29, 1.82) is 0 Å². The fraction of sp³-hybridized carbons (Fsp3) is 0.143. The Morgan fingerprint density at radius 2 is 1.79 bits per heavy atom. The number of ether oxygens (including phenoxy) is 2. The molecule has 3 rings (SSSR count). The molecule has 3 aromatic rings. The van der Waals surface area contributed by atoms with E-state index in [0.29, 0.717) is 29.3 Å². The maximum Gasteiger partial charge on any atom is 0.338 e. The summed E-state index contributed by atoms with van der Waals surface area (Å²) in [5.41, 5.74) is 2.37. The van der Waals surface area contributed by atoms with Gasteiger partial charge in [-0.2, -0.15) is 5.01 Å². The summed E-state index contributed by atoms with van der Waals surface area (Å²) >= 11 is 0. The molecule has 2 aromatic carbocycles. The minimum atomic E-state index is -0.449. The van der Waals surface area contributed by atoms with Crippen LogP contribution in [0.2, 0.25) is 0 Å². The molecule has 0 aliphatic heterocycles. The maximum atomic E-state index is 11.9. The highest BCUT2D eigenvalue weighted by molar-refractivity contribution is 5.90. The average molecular weight is 377 g/mol. The number of hydrogen-bond donors (Lipinski definition) is 0. The number of hydrogen-bond acceptors (Lipinski definition) is 6. The molecule has 0 atom stereocenters. The third-order valence-corrected chi connectivity index (χ3v) is 3.92. The summed E-state index contributed by atoms with van der Waals surface area (Å²) in [5.74, 6) is 0.210. The number of carbonyl (C=O) groups excluding carboxylic acids is 1. The van der Waals surface area contributed by atoms with Gasteiger partial charge >= 0.3 is 5.97 Å². The molecule has 28 heavy (non-hydrogen) atoms. The Balaban J connectivity index is 1.73. The normalized spacial score (nSPS) is 10.2. The van der Waals surface area contributed by atoms with Crippen molar-refractivity contribution in [3.8, 4) is 5.75 Å². The summed E-state index contributed by atoms with van der Waals surface area (Å²) in [6.45, 7) is 2.43. The Kier molecular flexibility index (Phi) is 6.30. The van der Waals surface area contributed by atoms with E-state index < -0.39 is 5.97 Å². The summed E-state index contributed by atoms with van der Waals surface area (Å²) in [7, 11) is 0. The highest BCUT2D eigenvalue weighted by Crippen LogP contribution is 2.28. The Hall–Kier alpha value is -3.74. The van der Waals surface area contributed by atoms with E-state index in [1.165, 1.54) is 5.01 Å². The zero-order chi connectivity index (χ0) is 19.8. The highest BCUT2D eigenvalue weighted by atomic mass is 16.5. The lowest BCUT2D eigenvalue weighted by atomic mass is 10.2. The number of aromatic nitrogens is 1. The number of anilines is 2. The second-order valence-electron chi connectivity index (χ2n) is 5.80. The van der Waals surface area contributed by atoms with Crippen molar-refractivity contribution >= 4 is 17.3 Å². The quantitative estimate of drug-likeness (QED) is 0.323. The van der Waals surface area contributed by atoms with Gasteiger partial charge in [-0.1, -0.05) is 6.07 Å². The molecule has 0 radical (unpaired) electrons. The van der Waals surface area contributed by atoms with Gasteiger partial charge in [-0.3, -0.25) is 4.98 Å². The lowest BCUT2D eigenvalue weighted by Crippen LogP contribution is -2.10. The van der Waals surface area contributed by atoms with E-state index in [1.807, 2.05) is 12.1 Å². The van der Waals surface area contributed by atoms with E-state index in [-0.39, 0.29) is 6.61 Å². The van der Waals surface area contributed by atoms with E-state index in [2.05, 4.69) is 10.3 Å². The van der Waals surface area contributed by atoms with Crippen molar-refractivity contribution in [3.63, 3.8) is 0 Å². The van der Waals surface area contributed by atoms with Crippen molar-refractivity contribution < 1.29 is 14.3 Å². The van der Waals surface area contributed by atoms with Crippen molar-refractivity contribution in [1.82, 2.24) is 4.98 Å². The minimum absolute atomic E-state index is 0.277. The predicted molar refractivity (Wildman–Crippen MR) is 105 cm³/mol. The molecule has 0 saturated heterocycles. The van der Waals surface area contributed by atoms with E-state index in [0.717, 1.165) is 5.56 Å². The molecule has 0 aliphatic rings. The van der Waals surface area contributed by atoms with Crippen LogP contribution in [0.5, 0.6) is 5.75 Å². The number of esters is 1. The Bertz CT molecular complexity index is 930. The van der Waals surface area contributed by atoms with Gasteiger partial charge in [-0.25, -0.2) is 4.79 Å². The molecule has 0 spiro atoms. The molecule has 0 fully saturated rings. The van der Waals surface area contributed by atoms with Crippen molar-refractivity contribution in [2.45, 2.75) is 13.5 Å². The maximum absolute atomic E-state index is 11.9. The van der Waals surface area contributed by atoms with Gasteiger partial charge in [0.1, 0.15) is 12.4 Å². The molecule has 1 heterocycles. The first-order valence-corrected chi connectivity index (χ1v) is 8.73. The minimum Gasteiger partial charge on any atom is -0.489 e. The van der Waals surface area contributed by atoms with Crippen molar-refractivity contribution in [2.75, 3.05) is 11.6 Å². The van der Waals surface area contributed by atoms with Crippen LogP contribution in [-0.2, 0) is 11.3 Å². The van der Waals surface area contributed by atoms with Gasteiger partial charge in [0.2, 0.25) is 0 Å². The summed E-state index contributed by atoms with van der Waals surface area (Å²) < 4.78 is 10.7. The van der Waals surface area contributed by atoms with Crippen LogP contribution in [0.3, 0.4) is 0 Å². The second kappa shape index (κ2) is 9.27. The SMILES string of the molecule is CCOC(=O)c1cccc(N(N=O)c2ccc(OCc3ccncc3)cc2)c1. The predicted octanol–water partition coefficient (Wildman–Crippen LogP) is 4.66. The first-order chi connectivity index (χ1) is 13.7. The number of carbonyl (C=O) groups is 1. The molecule has 0 N–H and O–H groups in total. The Morgan fingerprint density at radius 1 is 1.04 bits per heavy atom. The van der Waals surface area contributed by atoms with E-state index in [4.69, 9.17) is 9.47 Å². The van der Waals surface area contributed by atoms with Crippen LogP contribution in [0.4, 0.5) is 11.4 Å². The molecule has 0 aliphatic carbocycles. The number of rotatable bonds is 8. The number of nitroso groups, excluding NO2 is 1. The molecule has 0 bridgehead atoms.